The summed E-state index contributed by atoms with van der Waals surface area (Å²) >= 11 is 0. The summed E-state index contributed by atoms with van der Waals surface area (Å²) in [5, 5.41) is 0. The molecule has 0 aromatic heterocycles. The van der Waals surface area contributed by atoms with E-state index in [1.54, 1.807) is 12.1 Å². The SMILES string of the molecule is CCc1ccc(CC(CN)Cc2cccc(F)c2)cc1. The van der Waals surface area contributed by atoms with Gasteiger partial charge in [0.15, 0.2) is 0 Å². The number of hydrogen-bond acceptors (Lipinski definition) is 1. The zero-order chi connectivity index (χ0) is 14.4. The fourth-order valence-electron chi connectivity index (χ4n) is 2.48. The second-order valence-corrected chi connectivity index (χ2v) is 5.31. The maximum absolute atomic E-state index is 13.2. The van der Waals surface area contributed by atoms with Crippen molar-refractivity contribution in [1.82, 2.24) is 0 Å². The van der Waals surface area contributed by atoms with E-state index >= 15 is 0 Å². The molecule has 0 aliphatic carbocycles. The Kier molecular flexibility index (Phi) is 5.31. The van der Waals surface area contributed by atoms with Crippen molar-refractivity contribution in [2.24, 2.45) is 11.7 Å². The van der Waals surface area contributed by atoms with Gasteiger partial charge in [0.1, 0.15) is 5.82 Å². The average Bonchev–Trinajstić information content (AvgIpc) is 2.47. The van der Waals surface area contributed by atoms with Crippen molar-refractivity contribution in [2.45, 2.75) is 26.2 Å². The Morgan fingerprint density at radius 3 is 2.20 bits per heavy atom. The van der Waals surface area contributed by atoms with E-state index in [4.69, 9.17) is 5.73 Å². The van der Waals surface area contributed by atoms with Crippen LogP contribution in [0.5, 0.6) is 0 Å². The molecule has 0 saturated carbocycles. The second-order valence-electron chi connectivity index (χ2n) is 5.31. The van der Waals surface area contributed by atoms with Gasteiger partial charge in [-0.15, -0.1) is 0 Å². The molecule has 2 aromatic carbocycles. The Hall–Kier alpha value is -1.67. The van der Waals surface area contributed by atoms with Crippen LogP contribution in [0.1, 0.15) is 23.6 Å². The van der Waals surface area contributed by atoms with Crippen molar-refractivity contribution in [2.75, 3.05) is 6.54 Å². The molecule has 2 heteroatoms. The first-order valence-electron chi connectivity index (χ1n) is 7.23. The van der Waals surface area contributed by atoms with Crippen molar-refractivity contribution < 1.29 is 4.39 Å². The van der Waals surface area contributed by atoms with Crippen LogP contribution in [0.4, 0.5) is 4.39 Å². The molecule has 0 heterocycles. The summed E-state index contributed by atoms with van der Waals surface area (Å²) in [6, 6.07) is 15.5. The lowest BCUT2D eigenvalue weighted by Gasteiger charge is -2.15. The molecule has 1 unspecified atom stereocenters. The van der Waals surface area contributed by atoms with Gasteiger partial charge in [-0.05, 0) is 60.5 Å². The summed E-state index contributed by atoms with van der Waals surface area (Å²) in [5.74, 6) is 0.176. The molecule has 0 radical (unpaired) electrons. The van der Waals surface area contributed by atoms with E-state index in [0.29, 0.717) is 12.5 Å². The van der Waals surface area contributed by atoms with E-state index in [2.05, 4.69) is 31.2 Å². The van der Waals surface area contributed by atoms with Gasteiger partial charge in [0.05, 0.1) is 0 Å². The number of benzene rings is 2. The molecule has 0 aliphatic rings. The fraction of sp³-hybridized carbons (Fsp3) is 0.333. The van der Waals surface area contributed by atoms with E-state index in [1.165, 1.54) is 17.2 Å². The molecule has 2 aromatic rings. The standard InChI is InChI=1S/C18H22FN/c1-2-14-6-8-15(9-7-14)10-17(13-20)11-16-4-3-5-18(19)12-16/h3-9,12,17H,2,10-11,13,20H2,1H3. The Morgan fingerprint density at radius 1 is 0.950 bits per heavy atom. The molecule has 0 fully saturated rings. The van der Waals surface area contributed by atoms with Crippen LogP contribution in [0, 0.1) is 11.7 Å². The van der Waals surface area contributed by atoms with Crippen LogP contribution in [-0.4, -0.2) is 6.54 Å². The van der Waals surface area contributed by atoms with E-state index in [-0.39, 0.29) is 5.82 Å². The molecule has 0 aliphatic heterocycles. The van der Waals surface area contributed by atoms with E-state index in [0.717, 1.165) is 24.8 Å². The average molecular weight is 271 g/mol. The molecule has 0 spiro atoms. The lowest BCUT2D eigenvalue weighted by atomic mass is 9.92. The fourth-order valence-corrected chi connectivity index (χ4v) is 2.48. The molecule has 0 saturated heterocycles. The summed E-state index contributed by atoms with van der Waals surface area (Å²) in [6.45, 7) is 2.77. The van der Waals surface area contributed by atoms with Crippen molar-refractivity contribution >= 4 is 0 Å². The zero-order valence-electron chi connectivity index (χ0n) is 12.0. The number of aryl methyl sites for hydroxylation is 1. The maximum atomic E-state index is 13.2. The topological polar surface area (TPSA) is 26.0 Å². The number of halogens is 1. The van der Waals surface area contributed by atoms with Crippen LogP contribution in [-0.2, 0) is 19.3 Å². The highest BCUT2D eigenvalue weighted by atomic mass is 19.1. The summed E-state index contributed by atoms with van der Waals surface area (Å²) in [4.78, 5) is 0. The smallest absolute Gasteiger partial charge is 0.123 e. The van der Waals surface area contributed by atoms with Crippen molar-refractivity contribution in [3.05, 3.63) is 71.0 Å². The number of hydrogen-bond donors (Lipinski definition) is 1. The minimum absolute atomic E-state index is 0.175. The highest BCUT2D eigenvalue weighted by Crippen LogP contribution is 2.15. The van der Waals surface area contributed by atoms with Crippen LogP contribution >= 0.6 is 0 Å². The van der Waals surface area contributed by atoms with Crippen LogP contribution in [0.15, 0.2) is 48.5 Å². The van der Waals surface area contributed by atoms with Crippen LogP contribution in [0.25, 0.3) is 0 Å². The third kappa shape index (κ3) is 4.17. The summed E-state index contributed by atoms with van der Waals surface area (Å²) in [5.41, 5.74) is 9.54. The van der Waals surface area contributed by atoms with Gasteiger partial charge >= 0.3 is 0 Å². The van der Waals surface area contributed by atoms with Gasteiger partial charge in [-0.25, -0.2) is 4.39 Å². The highest BCUT2D eigenvalue weighted by molar-refractivity contribution is 5.23. The quantitative estimate of drug-likeness (QED) is 0.851. The van der Waals surface area contributed by atoms with E-state index < -0.39 is 0 Å². The van der Waals surface area contributed by atoms with Crippen molar-refractivity contribution in [3.63, 3.8) is 0 Å². The van der Waals surface area contributed by atoms with Gasteiger partial charge < -0.3 is 5.73 Å². The summed E-state index contributed by atoms with van der Waals surface area (Å²) in [6.07, 6.45) is 2.82. The molecule has 106 valence electrons. The van der Waals surface area contributed by atoms with E-state index in [1.807, 2.05) is 6.07 Å². The Bertz CT molecular complexity index is 533. The normalized spacial score (nSPS) is 12.3. The minimum atomic E-state index is -0.175. The van der Waals surface area contributed by atoms with Crippen molar-refractivity contribution in [1.29, 1.82) is 0 Å². The van der Waals surface area contributed by atoms with E-state index in [9.17, 15) is 4.39 Å². The summed E-state index contributed by atoms with van der Waals surface area (Å²) in [7, 11) is 0. The largest absolute Gasteiger partial charge is 0.330 e. The first kappa shape index (κ1) is 14.7. The maximum Gasteiger partial charge on any atom is 0.123 e. The van der Waals surface area contributed by atoms with Gasteiger partial charge in [0.2, 0.25) is 0 Å². The molecular weight excluding hydrogens is 249 g/mol. The van der Waals surface area contributed by atoms with Gasteiger partial charge in [-0.1, -0.05) is 43.3 Å². The second kappa shape index (κ2) is 7.20. The molecule has 2 N–H and O–H groups in total. The van der Waals surface area contributed by atoms with Gasteiger partial charge in [0, 0.05) is 0 Å². The van der Waals surface area contributed by atoms with Crippen LogP contribution in [0.2, 0.25) is 0 Å². The van der Waals surface area contributed by atoms with Crippen LogP contribution in [0.3, 0.4) is 0 Å². The third-order valence-electron chi connectivity index (χ3n) is 3.70. The van der Waals surface area contributed by atoms with Gasteiger partial charge in [-0.2, -0.15) is 0 Å². The monoisotopic (exact) mass is 271 g/mol. The number of nitrogens with two attached hydrogens (primary N) is 1. The van der Waals surface area contributed by atoms with Gasteiger partial charge in [-0.3, -0.25) is 0 Å². The molecule has 0 amide bonds. The predicted molar refractivity (Wildman–Crippen MR) is 82.2 cm³/mol. The Labute approximate surface area is 120 Å². The first-order chi connectivity index (χ1) is 9.71. The first-order valence-corrected chi connectivity index (χ1v) is 7.23. The third-order valence-corrected chi connectivity index (χ3v) is 3.70. The number of rotatable bonds is 6. The molecule has 2 rings (SSSR count). The molecule has 0 bridgehead atoms. The molecule has 1 nitrogen and oxygen atoms in total. The van der Waals surface area contributed by atoms with Crippen molar-refractivity contribution in [3.8, 4) is 0 Å². The molecular formula is C18H22FN. The Balaban J connectivity index is 2.01. The molecule has 1 atom stereocenters. The zero-order valence-corrected chi connectivity index (χ0v) is 12.0. The van der Waals surface area contributed by atoms with Crippen LogP contribution < -0.4 is 5.73 Å². The lowest BCUT2D eigenvalue weighted by Crippen LogP contribution is -2.19. The Morgan fingerprint density at radius 2 is 1.60 bits per heavy atom. The molecule has 20 heavy (non-hydrogen) atoms. The predicted octanol–water partition coefficient (Wildman–Crippen LogP) is 3.75. The minimum Gasteiger partial charge on any atom is -0.330 e. The lowest BCUT2D eigenvalue weighted by molar-refractivity contribution is 0.530. The highest BCUT2D eigenvalue weighted by Gasteiger charge is 2.09. The van der Waals surface area contributed by atoms with Gasteiger partial charge in [0.25, 0.3) is 0 Å². The summed E-state index contributed by atoms with van der Waals surface area (Å²) < 4.78 is 13.2.